The van der Waals surface area contributed by atoms with Gasteiger partial charge in [-0.2, -0.15) is 0 Å². The van der Waals surface area contributed by atoms with Crippen molar-refractivity contribution in [1.29, 1.82) is 0 Å². The molecule has 10 heteroatoms. The SMILES string of the molecule is CS(=O)(=O)C1CC(c2ccc3cnc(Nc4ccc(N5CCOCC5)cc4)nn23)=CCN1. The maximum atomic E-state index is 12.0. The molecule has 1 aromatic carbocycles. The van der Waals surface area contributed by atoms with Gasteiger partial charge < -0.3 is 15.0 Å². The molecule has 168 valence electrons. The molecule has 1 fully saturated rings. The van der Waals surface area contributed by atoms with Crippen LogP contribution >= 0.6 is 0 Å². The van der Waals surface area contributed by atoms with E-state index in [-0.39, 0.29) is 0 Å². The molecule has 2 aliphatic heterocycles. The molecule has 2 N–H and O–H groups in total. The molecule has 5 rings (SSSR count). The Morgan fingerprint density at radius 2 is 1.91 bits per heavy atom. The van der Waals surface area contributed by atoms with Crippen LogP contribution < -0.4 is 15.5 Å². The van der Waals surface area contributed by atoms with Crippen LogP contribution in [0.1, 0.15) is 12.1 Å². The van der Waals surface area contributed by atoms with E-state index in [1.165, 1.54) is 11.9 Å². The van der Waals surface area contributed by atoms with Crippen molar-refractivity contribution in [2.75, 3.05) is 49.3 Å². The lowest BCUT2D eigenvalue weighted by atomic mass is 10.1. The van der Waals surface area contributed by atoms with Crippen LogP contribution in [0.25, 0.3) is 11.1 Å². The first-order valence-corrected chi connectivity index (χ1v) is 12.6. The normalized spacial score (nSPS) is 19.7. The second-order valence-electron chi connectivity index (χ2n) is 8.07. The molecule has 0 saturated carbocycles. The number of benzene rings is 1. The number of aromatic nitrogens is 3. The average Bonchev–Trinajstić information content (AvgIpc) is 3.23. The summed E-state index contributed by atoms with van der Waals surface area (Å²) in [4.78, 5) is 6.73. The standard InChI is InChI=1S/C22H26N6O3S/c1-32(29,30)21-14-16(8-9-23-21)20-7-6-19-15-24-22(26-28(19)20)25-17-2-4-18(5-3-17)27-10-12-31-13-11-27/h2-8,15,21,23H,9-14H2,1H3,(H,25,26). The van der Waals surface area contributed by atoms with Gasteiger partial charge in [-0.25, -0.2) is 17.9 Å². The molecule has 0 amide bonds. The van der Waals surface area contributed by atoms with Crippen LogP contribution in [-0.2, 0) is 14.6 Å². The molecule has 4 heterocycles. The molecule has 2 aromatic heterocycles. The highest BCUT2D eigenvalue weighted by Crippen LogP contribution is 2.26. The van der Waals surface area contributed by atoms with E-state index < -0.39 is 15.2 Å². The lowest BCUT2D eigenvalue weighted by Crippen LogP contribution is -2.39. The average molecular weight is 455 g/mol. The Labute approximate surface area is 187 Å². The van der Waals surface area contributed by atoms with Crippen molar-refractivity contribution in [3.05, 3.63) is 54.4 Å². The van der Waals surface area contributed by atoms with Crippen LogP contribution in [-0.4, -0.2) is 67.5 Å². The first-order valence-electron chi connectivity index (χ1n) is 10.6. The van der Waals surface area contributed by atoms with Crippen molar-refractivity contribution >= 4 is 38.3 Å². The lowest BCUT2D eigenvalue weighted by Gasteiger charge is -2.28. The number of hydrogen-bond acceptors (Lipinski definition) is 8. The molecule has 1 unspecified atom stereocenters. The number of nitrogens with zero attached hydrogens (tertiary/aromatic N) is 4. The predicted molar refractivity (Wildman–Crippen MR) is 125 cm³/mol. The smallest absolute Gasteiger partial charge is 0.245 e. The molecule has 1 saturated heterocycles. The number of rotatable bonds is 5. The molecule has 0 radical (unpaired) electrons. The van der Waals surface area contributed by atoms with Gasteiger partial charge in [-0.15, -0.1) is 5.10 Å². The summed E-state index contributed by atoms with van der Waals surface area (Å²) >= 11 is 0. The summed E-state index contributed by atoms with van der Waals surface area (Å²) < 4.78 is 31.2. The Kier molecular flexibility index (Phi) is 5.58. The van der Waals surface area contributed by atoms with E-state index in [0.717, 1.165) is 48.8 Å². The third-order valence-electron chi connectivity index (χ3n) is 5.84. The first kappa shape index (κ1) is 20.9. The Hall–Kier alpha value is -2.95. The van der Waals surface area contributed by atoms with Gasteiger partial charge in [-0.3, -0.25) is 5.32 Å². The largest absolute Gasteiger partial charge is 0.378 e. The van der Waals surface area contributed by atoms with Gasteiger partial charge >= 0.3 is 0 Å². The van der Waals surface area contributed by atoms with Crippen molar-refractivity contribution in [3.8, 4) is 0 Å². The number of sulfone groups is 1. The summed E-state index contributed by atoms with van der Waals surface area (Å²) in [6.07, 6.45) is 5.44. The van der Waals surface area contributed by atoms with E-state index in [1.54, 1.807) is 6.20 Å². The van der Waals surface area contributed by atoms with Gasteiger partial charge in [0.25, 0.3) is 0 Å². The van der Waals surface area contributed by atoms with Crippen LogP contribution in [0, 0.1) is 0 Å². The molecular weight excluding hydrogens is 428 g/mol. The Balaban J connectivity index is 1.36. The number of morpholine rings is 1. The molecule has 32 heavy (non-hydrogen) atoms. The van der Waals surface area contributed by atoms with Crippen LogP contribution in [0.3, 0.4) is 0 Å². The molecule has 0 bridgehead atoms. The van der Waals surface area contributed by atoms with E-state index in [2.05, 4.69) is 37.7 Å². The highest BCUT2D eigenvalue weighted by Gasteiger charge is 2.26. The summed E-state index contributed by atoms with van der Waals surface area (Å²) in [5.41, 5.74) is 4.75. The van der Waals surface area contributed by atoms with Gasteiger partial charge in [0.05, 0.1) is 30.6 Å². The molecular formula is C22H26N6O3S. The van der Waals surface area contributed by atoms with Gasteiger partial charge in [0.15, 0.2) is 9.84 Å². The zero-order valence-electron chi connectivity index (χ0n) is 17.9. The van der Waals surface area contributed by atoms with E-state index in [0.29, 0.717) is 18.9 Å². The quantitative estimate of drug-likeness (QED) is 0.604. The third-order valence-corrected chi connectivity index (χ3v) is 7.21. The Morgan fingerprint density at radius 1 is 1.12 bits per heavy atom. The molecule has 0 aliphatic carbocycles. The van der Waals surface area contributed by atoms with Crippen LogP contribution in [0.4, 0.5) is 17.3 Å². The summed E-state index contributed by atoms with van der Waals surface area (Å²) in [5.74, 6) is 0.475. The molecule has 3 aromatic rings. The second-order valence-corrected chi connectivity index (χ2v) is 10.3. The Bertz CT molecular complexity index is 1250. The fourth-order valence-corrected chi connectivity index (χ4v) is 4.97. The van der Waals surface area contributed by atoms with Crippen molar-refractivity contribution in [2.24, 2.45) is 0 Å². The summed E-state index contributed by atoms with van der Waals surface area (Å²) in [6.45, 7) is 3.81. The molecule has 2 aliphatic rings. The topological polar surface area (TPSA) is 101 Å². The number of hydrogen-bond donors (Lipinski definition) is 2. The zero-order chi connectivity index (χ0) is 22.1. The van der Waals surface area contributed by atoms with E-state index in [9.17, 15) is 8.42 Å². The number of nitrogens with one attached hydrogen (secondary N) is 2. The molecule has 9 nitrogen and oxygen atoms in total. The highest BCUT2D eigenvalue weighted by molar-refractivity contribution is 7.91. The summed E-state index contributed by atoms with van der Waals surface area (Å²) in [6, 6.07) is 12.1. The molecule has 1 atom stereocenters. The van der Waals surface area contributed by atoms with Gasteiger partial charge in [0.1, 0.15) is 5.37 Å². The highest BCUT2D eigenvalue weighted by atomic mass is 32.2. The fourth-order valence-electron chi connectivity index (χ4n) is 4.09. The fraction of sp³-hybridized carbons (Fsp3) is 0.364. The van der Waals surface area contributed by atoms with E-state index in [4.69, 9.17) is 4.74 Å². The second kappa shape index (κ2) is 8.53. The lowest BCUT2D eigenvalue weighted by molar-refractivity contribution is 0.122. The van der Waals surface area contributed by atoms with Gasteiger partial charge in [-0.1, -0.05) is 6.08 Å². The zero-order valence-corrected chi connectivity index (χ0v) is 18.7. The van der Waals surface area contributed by atoms with Crippen LogP contribution in [0.2, 0.25) is 0 Å². The third kappa shape index (κ3) is 4.34. The van der Waals surface area contributed by atoms with Gasteiger partial charge in [0, 0.05) is 43.7 Å². The predicted octanol–water partition coefficient (Wildman–Crippen LogP) is 2.06. The monoisotopic (exact) mass is 454 g/mol. The molecule has 0 spiro atoms. The van der Waals surface area contributed by atoms with Crippen molar-refractivity contribution in [1.82, 2.24) is 19.9 Å². The van der Waals surface area contributed by atoms with Crippen LogP contribution in [0.5, 0.6) is 0 Å². The number of fused-ring (bicyclic) bond motifs is 1. The minimum absolute atomic E-state index is 0.403. The number of anilines is 3. The van der Waals surface area contributed by atoms with Gasteiger partial charge in [-0.05, 0) is 42.0 Å². The van der Waals surface area contributed by atoms with E-state index >= 15 is 0 Å². The van der Waals surface area contributed by atoms with Gasteiger partial charge in [0.2, 0.25) is 5.95 Å². The number of ether oxygens (including phenoxy) is 1. The van der Waals surface area contributed by atoms with Crippen molar-refractivity contribution in [2.45, 2.75) is 11.8 Å². The maximum absolute atomic E-state index is 12.0. The first-order chi connectivity index (χ1) is 15.5. The Morgan fingerprint density at radius 3 is 2.66 bits per heavy atom. The summed E-state index contributed by atoms with van der Waals surface area (Å²) in [5, 5.41) is 10.4. The summed E-state index contributed by atoms with van der Waals surface area (Å²) in [7, 11) is -3.18. The van der Waals surface area contributed by atoms with Crippen molar-refractivity contribution in [3.63, 3.8) is 0 Å². The van der Waals surface area contributed by atoms with E-state index in [1.807, 2.05) is 34.9 Å². The minimum atomic E-state index is -3.18. The van der Waals surface area contributed by atoms with Crippen LogP contribution in [0.15, 0.2) is 48.7 Å². The minimum Gasteiger partial charge on any atom is -0.378 e. The maximum Gasteiger partial charge on any atom is 0.245 e. The van der Waals surface area contributed by atoms with Crippen molar-refractivity contribution < 1.29 is 13.2 Å².